The monoisotopic (exact) mass is 289 g/mol. The van der Waals surface area contributed by atoms with Crippen molar-refractivity contribution in [1.82, 2.24) is 0 Å². The Bertz CT molecular complexity index is 559. The second-order valence-corrected chi connectivity index (χ2v) is 5.00. The van der Waals surface area contributed by atoms with E-state index >= 15 is 0 Å². The Morgan fingerprint density at radius 3 is 2.62 bits per heavy atom. The summed E-state index contributed by atoms with van der Waals surface area (Å²) in [6, 6.07) is 6.15. The first-order valence-corrected chi connectivity index (χ1v) is 7.53. The molecule has 21 heavy (non-hydrogen) atoms. The van der Waals surface area contributed by atoms with E-state index in [2.05, 4.69) is 30.9 Å². The highest BCUT2D eigenvalue weighted by molar-refractivity contribution is 5.90. The summed E-state index contributed by atoms with van der Waals surface area (Å²) >= 11 is 0. The summed E-state index contributed by atoms with van der Waals surface area (Å²) in [6.07, 6.45) is 0.565. The van der Waals surface area contributed by atoms with Gasteiger partial charge in [0.05, 0.1) is 12.2 Å². The number of fused-ring (bicyclic) bond motifs is 1. The number of anilines is 1. The lowest BCUT2D eigenvalue weighted by Crippen LogP contribution is -2.23. The number of carbonyl (C=O) groups excluding carboxylic acids is 1. The van der Waals surface area contributed by atoms with Gasteiger partial charge in [-0.3, -0.25) is 0 Å². The number of allylic oxidation sites excluding steroid dienone is 1. The van der Waals surface area contributed by atoms with Gasteiger partial charge in [-0.2, -0.15) is 0 Å². The quantitative estimate of drug-likeness (QED) is 0.780. The molecule has 2 rings (SSSR count). The van der Waals surface area contributed by atoms with Crippen LogP contribution in [0, 0.1) is 0 Å². The lowest BCUT2D eigenvalue weighted by Gasteiger charge is -2.25. The van der Waals surface area contributed by atoms with E-state index in [0.717, 1.165) is 30.1 Å². The third-order valence-corrected chi connectivity index (χ3v) is 3.75. The Hall–Kier alpha value is -1.97. The predicted molar refractivity (Wildman–Crippen MR) is 83.7 cm³/mol. The molecule has 4 heteroatoms. The van der Waals surface area contributed by atoms with E-state index in [9.17, 15) is 4.79 Å². The average molecular weight is 289 g/mol. The molecule has 0 unspecified atom stereocenters. The number of carbonyl (C=O) groups is 1. The van der Waals surface area contributed by atoms with Gasteiger partial charge in [-0.05, 0) is 45.9 Å². The lowest BCUT2D eigenvalue weighted by atomic mass is 10.00. The van der Waals surface area contributed by atoms with E-state index in [1.54, 1.807) is 0 Å². The summed E-state index contributed by atoms with van der Waals surface area (Å²) in [5.74, 6) is 1.18. The fourth-order valence-corrected chi connectivity index (χ4v) is 2.56. The van der Waals surface area contributed by atoms with Crippen LogP contribution in [0.2, 0.25) is 0 Å². The van der Waals surface area contributed by atoms with Crippen LogP contribution in [0.15, 0.2) is 29.5 Å². The number of hydrogen-bond donors (Lipinski definition) is 0. The van der Waals surface area contributed by atoms with Gasteiger partial charge in [0.1, 0.15) is 11.5 Å². The van der Waals surface area contributed by atoms with Gasteiger partial charge in [0.15, 0.2) is 0 Å². The van der Waals surface area contributed by atoms with E-state index in [1.807, 2.05) is 19.9 Å². The third kappa shape index (κ3) is 3.20. The van der Waals surface area contributed by atoms with Crippen LogP contribution in [0.3, 0.4) is 0 Å². The van der Waals surface area contributed by atoms with Crippen molar-refractivity contribution in [3.63, 3.8) is 0 Å². The second-order valence-electron chi connectivity index (χ2n) is 5.00. The first kappa shape index (κ1) is 15.4. The molecule has 0 aromatic heterocycles. The van der Waals surface area contributed by atoms with Crippen LogP contribution in [-0.4, -0.2) is 25.7 Å². The number of benzene rings is 1. The summed E-state index contributed by atoms with van der Waals surface area (Å²) in [5, 5.41) is 0. The van der Waals surface area contributed by atoms with Crippen molar-refractivity contribution in [2.45, 2.75) is 34.1 Å². The summed E-state index contributed by atoms with van der Waals surface area (Å²) < 4.78 is 10.9. The minimum atomic E-state index is -0.283. The molecule has 0 radical (unpaired) electrons. The van der Waals surface area contributed by atoms with Crippen molar-refractivity contribution in [3.8, 4) is 5.75 Å². The van der Waals surface area contributed by atoms with Crippen LogP contribution in [0.1, 0.15) is 33.3 Å². The van der Waals surface area contributed by atoms with Crippen molar-refractivity contribution >= 4 is 11.7 Å². The average Bonchev–Trinajstić information content (AvgIpc) is 2.48. The van der Waals surface area contributed by atoms with Crippen LogP contribution in [0.4, 0.5) is 5.69 Å². The third-order valence-electron chi connectivity index (χ3n) is 3.75. The Balaban J connectivity index is 2.28. The smallest absolute Gasteiger partial charge is 0.337 e. The zero-order chi connectivity index (χ0) is 15.4. The van der Waals surface area contributed by atoms with E-state index < -0.39 is 0 Å². The van der Waals surface area contributed by atoms with Crippen LogP contribution in [0.5, 0.6) is 5.75 Å². The van der Waals surface area contributed by atoms with Crippen LogP contribution in [-0.2, 0) is 16.0 Å². The van der Waals surface area contributed by atoms with Crippen molar-refractivity contribution < 1.29 is 14.3 Å². The molecule has 4 nitrogen and oxygen atoms in total. The predicted octanol–water partition coefficient (Wildman–Crippen LogP) is 3.30. The van der Waals surface area contributed by atoms with Crippen LogP contribution < -0.4 is 9.64 Å². The molecule has 1 aromatic carbocycles. The molecule has 0 N–H and O–H groups in total. The summed E-state index contributed by atoms with van der Waals surface area (Å²) in [5.41, 5.74) is 2.80. The molecule has 1 aliphatic rings. The fraction of sp³-hybridized carbons (Fsp3) is 0.471. The van der Waals surface area contributed by atoms with Gasteiger partial charge in [0.2, 0.25) is 0 Å². The summed E-state index contributed by atoms with van der Waals surface area (Å²) in [7, 11) is 0. The lowest BCUT2D eigenvalue weighted by molar-refractivity contribution is -0.138. The second kappa shape index (κ2) is 6.66. The van der Waals surface area contributed by atoms with Crippen molar-refractivity contribution in [1.29, 1.82) is 0 Å². The van der Waals surface area contributed by atoms with Gasteiger partial charge < -0.3 is 14.4 Å². The van der Waals surface area contributed by atoms with Gasteiger partial charge in [-0.15, -0.1) is 0 Å². The molecule has 0 bridgehead atoms. The van der Waals surface area contributed by atoms with E-state index in [-0.39, 0.29) is 5.97 Å². The molecule has 1 aromatic rings. The molecule has 0 spiro atoms. The van der Waals surface area contributed by atoms with Crippen molar-refractivity contribution in [2.24, 2.45) is 0 Å². The minimum absolute atomic E-state index is 0.283. The maximum Gasteiger partial charge on any atom is 0.337 e. The molecule has 0 atom stereocenters. The first-order valence-electron chi connectivity index (χ1n) is 7.53. The molecule has 0 aliphatic carbocycles. The zero-order valence-electron chi connectivity index (χ0n) is 13.2. The van der Waals surface area contributed by atoms with E-state index in [1.165, 1.54) is 0 Å². The highest BCUT2D eigenvalue weighted by Gasteiger charge is 2.24. The van der Waals surface area contributed by atoms with Crippen LogP contribution in [0.25, 0.3) is 0 Å². The molecule has 0 amide bonds. The maximum atomic E-state index is 12.0. The SMILES string of the molecule is CCOC(=O)C1=C(C)Oc2ccc(N(CC)CC)cc2C1. The van der Waals surface area contributed by atoms with E-state index in [4.69, 9.17) is 9.47 Å². The molecular weight excluding hydrogens is 266 g/mol. The highest BCUT2D eigenvalue weighted by atomic mass is 16.5. The molecule has 0 fully saturated rings. The fourth-order valence-electron chi connectivity index (χ4n) is 2.56. The molecule has 1 heterocycles. The topological polar surface area (TPSA) is 38.8 Å². The van der Waals surface area contributed by atoms with Crippen molar-refractivity contribution in [2.75, 3.05) is 24.6 Å². The highest BCUT2D eigenvalue weighted by Crippen LogP contribution is 2.33. The Morgan fingerprint density at radius 2 is 2.00 bits per heavy atom. The van der Waals surface area contributed by atoms with Gasteiger partial charge >= 0.3 is 5.97 Å². The first-order chi connectivity index (χ1) is 10.1. The molecule has 1 aliphatic heterocycles. The zero-order valence-corrected chi connectivity index (χ0v) is 13.2. The number of esters is 1. The number of rotatable bonds is 5. The van der Waals surface area contributed by atoms with Crippen LogP contribution >= 0.6 is 0 Å². The Morgan fingerprint density at radius 1 is 1.29 bits per heavy atom. The largest absolute Gasteiger partial charge is 0.463 e. The van der Waals surface area contributed by atoms with Gasteiger partial charge in [0, 0.05) is 30.8 Å². The summed E-state index contributed by atoms with van der Waals surface area (Å²) in [6.45, 7) is 10.2. The van der Waals surface area contributed by atoms with Gasteiger partial charge in [0.25, 0.3) is 0 Å². The Labute approximate surface area is 126 Å². The van der Waals surface area contributed by atoms with Gasteiger partial charge in [-0.1, -0.05) is 0 Å². The number of hydrogen-bond acceptors (Lipinski definition) is 4. The summed E-state index contributed by atoms with van der Waals surface area (Å²) in [4.78, 5) is 14.3. The minimum Gasteiger partial charge on any atom is -0.463 e. The normalized spacial score (nSPS) is 13.5. The maximum absolute atomic E-state index is 12.0. The molecule has 0 saturated carbocycles. The van der Waals surface area contributed by atoms with Crippen molar-refractivity contribution in [3.05, 3.63) is 35.1 Å². The molecule has 0 saturated heterocycles. The standard InChI is InChI=1S/C17H23NO3/c1-5-18(6-2)14-8-9-16-13(10-14)11-15(12(4)21-16)17(19)20-7-3/h8-10H,5-7,11H2,1-4H3. The van der Waals surface area contributed by atoms with Gasteiger partial charge in [-0.25, -0.2) is 4.79 Å². The number of ether oxygens (including phenoxy) is 2. The molecular formula is C17H23NO3. The Kier molecular flexibility index (Phi) is 4.89. The molecule has 114 valence electrons. The van der Waals surface area contributed by atoms with E-state index in [0.29, 0.717) is 24.4 Å². The number of nitrogens with zero attached hydrogens (tertiary/aromatic N) is 1.